The average Bonchev–Trinajstić information content (AvgIpc) is 3.30. The second-order valence-electron chi connectivity index (χ2n) is 15.1. The molecule has 0 bridgehead atoms. The highest BCUT2D eigenvalue weighted by Gasteiger charge is 2.15. The van der Waals surface area contributed by atoms with Gasteiger partial charge in [0.05, 0.1) is 0 Å². The lowest BCUT2D eigenvalue weighted by Crippen LogP contribution is -2.10. The summed E-state index contributed by atoms with van der Waals surface area (Å²) in [5, 5.41) is 0. The average molecular weight is 773 g/mol. The molecule has 290 valence electrons. The molecule has 0 aromatic heterocycles. The number of hydrogen-bond acceptors (Lipinski definition) is 2. The van der Waals surface area contributed by atoms with Crippen molar-refractivity contribution in [2.45, 2.75) is 13.8 Å². The molecule has 0 radical (unpaired) electrons. The van der Waals surface area contributed by atoms with Crippen molar-refractivity contribution in [2.24, 2.45) is 0 Å². The van der Waals surface area contributed by atoms with Crippen LogP contribution in [0.4, 0.5) is 34.1 Å². The molecule has 0 atom stereocenters. The number of anilines is 6. The van der Waals surface area contributed by atoms with E-state index in [1.165, 1.54) is 11.1 Å². The quantitative estimate of drug-likeness (QED) is 0.108. The van der Waals surface area contributed by atoms with E-state index in [9.17, 15) is 0 Å². The van der Waals surface area contributed by atoms with Crippen LogP contribution in [0.1, 0.15) is 33.4 Å². The molecule has 0 heterocycles. The van der Waals surface area contributed by atoms with Crippen LogP contribution < -0.4 is 9.80 Å². The maximum Gasteiger partial charge on any atom is 0.0462 e. The van der Waals surface area contributed by atoms with Crippen LogP contribution in [0.25, 0.3) is 34.4 Å². The van der Waals surface area contributed by atoms with Crippen molar-refractivity contribution in [2.75, 3.05) is 9.80 Å². The van der Waals surface area contributed by atoms with E-state index < -0.39 is 0 Å². The molecule has 8 aromatic carbocycles. The highest BCUT2D eigenvalue weighted by Crippen LogP contribution is 2.38. The molecule has 0 saturated heterocycles. The van der Waals surface area contributed by atoms with Crippen LogP contribution in [-0.2, 0) is 0 Å². The molecule has 0 aliphatic heterocycles. The standard InChI is InChI=1S/C58H48N2/c1-43-15-21-47(22-16-43)25-19-45(3)49-27-35-55(36-28-49)59(53-11-7-5-8-12-53)57-39-31-51(32-40-57)52-33-41-58(42-34-52)60(54-13-9-6-10-14-54)56-37-29-50(30-38-56)46(4)20-26-48-23-17-44(2)18-24-48/h5-42H,3-4H2,1-2H3/b25-19+,26-20+. The maximum absolute atomic E-state index is 4.35. The van der Waals surface area contributed by atoms with Crippen LogP contribution in [0, 0.1) is 13.8 Å². The van der Waals surface area contributed by atoms with Crippen LogP contribution in [0.3, 0.4) is 0 Å². The number of aryl methyl sites for hydroxylation is 2. The van der Waals surface area contributed by atoms with Crippen molar-refractivity contribution in [3.63, 3.8) is 0 Å². The Bertz CT molecular complexity index is 2530. The minimum atomic E-state index is 0.970. The van der Waals surface area contributed by atoms with E-state index in [0.29, 0.717) is 0 Å². The molecule has 0 aliphatic rings. The first kappa shape index (κ1) is 39.2. The zero-order valence-corrected chi connectivity index (χ0v) is 34.2. The molecule has 60 heavy (non-hydrogen) atoms. The predicted octanol–water partition coefficient (Wildman–Crippen LogP) is 16.4. The Kier molecular flexibility index (Phi) is 11.9. The molecule has 8 aromatic rings. The summed E-state index contributed by atoms with van der Waals surface area (Å²) in [6, 6.07) is 73.0. The fourth-order valence-corrected chi connectivity index (χ4v) is 7.24. The number of hydrogen-bond donors (Lipinski definition) is 0. The third-order valence-corrected chi connectivity index (χ3v) is 10.7. The molecule has 0 amide bonds. The van der Waals surface area contributed by atoms with Gasteiger partial charge in [0, 0.05) is 34.1 Å². The van der Waals surface area contributed by atoms with Gasteiger partial charge in [-0.15, -0.1) is 0 Å². The zero-order chi connectivity index (χ0) is 41.3. The van der Waals surface area contributed by atoms with Gasteiger partial charge in [-0.05, 0) is 131 Å². The van der Waals surface area contributed by atoms with E-state index in [4.69, 9.17) is 0 Å². The second-order valence-corrected chi connectivity index (χ2v) is 15.1. The summed E-state index contributed by atoms with van der Waals surface area (Å²) in [6.07, 6.45) is 8.40. The van der Waals surface area contributed by atoms with Gasteiger partial charge < -0.3 is 9.80 Å². The molecule has 0 aliphatic carbocycles. The fourth-order valence-electron chi connectivity index (χ4n) is 7.24. The van der Waals surface area contributed by atoms with E-state index in [0.717, 1.165) is 78.7 Å². The first-order valence-corrected chi connectivity index (χ1v) is 20.4. The molecule has 0 fully saturated rings. The Balaban J connectivity index is 1.01. The van der Waals surface area contributed by atoms with Gasteiger partial charge in [0.15, 0.2) is 0 Å². The lowest BCUT2D eigenvalue weighted by Gasteiger charge is -2.26. The van der Waals surface area contributed by atoms with Gasteiger partial charge in [0.2, 0.25) is 0 Å². The van der Waals surface area contributed by atoms with Crippen molar-refractivity contribution < 1.29 is 0 Å². The molecule has 0 unspecified atom stereocenters. The topological polar surface area (TPSA) is 6.48 Å². The SMILES string of the molecule is C=C(/C=C/c1ccc(C)cc1)c1ccc(N(c2ccccc2)c2ccc(-c3ccc(N(c4ccccc4)c4ccc(C(=C)/C=C/c5ccc(C)cc5)cc4)cc3)cc2)cc1. The van der Waals surface area contributed by atoms with Gasteiger partial charge in [0.25, 0.3) is 0 Å². The largest absolute Gasteiger partial charge is 0.311 e. The van der Waals surface area contributed by atoms with Crippen LogP contribution in [0.2, 0.25) is 0 Å². The van der Waals surface area contributed by atoms with Crippen molar-refractivity contribution >= 4 is 57.4 Å². The van der Waals surface area contributed by atoms with Crippen LogP contribution in [0.15, 0.2) is 232 Å². The first-order chi connectivity index (χ1) is 29.4. The van der Waals surface area contributed by atoms with Crippen LogP contribution >= 0.6 is 0 Å². The van der Waals surface area contributed by atoms with E-state index in [2.05, 4.69) is 267 Å². The fraction of sp³-hybridized carbons (Fsp3) is 0.0345. The van der Waals surface area contributed by atoms with Crippen molar-refractivity contribution in [3.8, 4) is 11.1 Å². The maximum atomic E-state index is 4.35. The van der Waals surface area contributed by atoms with Gasteiger partial charge in [-0.1, -0.05) is 182 Å². The first-order valence-electron chi connectivity index (χ1n) is 20.4. The Hall–Kier alpha value is -7.68. The third-order valence-electron chi connectivity index (χ3n) is 10.7. The molecule has 0 N–H and O–H groups in total. The smallest absolute Gasteiger partial charge is 0.0462 e. The molecule has 0 saturated carbocycles. The Morgan fingerprint density at radius 2 is 0.617 bits per heavy atom. The summed E-state index contributed by atoms with van der Waals surface area (Å²) < 4.78 is 0. The zero-order valence-electron chi connectivity index (χ0n) is 34.2. The van der Waals surface area contributed by atoms with Gasteiger partial charge in [-0.3, -0.25) is 0 Å². The van der Waals surface area contributed by atoms with Gasteiger partial charge >= 0.3 is 0 Å². The number of benzene rings is 8. The Morgan fingerprint density at radius 3 is 0.933 bits per heavy atom. The van der Waals surface area contributed by atoms with E-state index in [1.54, 1.807) is 0 Å². The van der Waals surface area contributed by atoms with Crippen molar-refractivity contribution in [3.05, 3.63) is 265 Å². The van der Waals surface area contributed by atoms with Gasteiger partial charge in [-0.25, -0.2) is 0 Å². The van der Waals surface area contributed by atoms with Crippen molar-refractivity contribution in [1.82, 2.24) is 0 Å². The lowest BCUT2D eigenvalue weighted by atomic mass is 10.0. The molecule has 8 rings (SSSR count). The van der Waals surface area contributed by atoms with Gasteiger partial charge in [-0.2, -0.15) is 0 Å². The predicted molar refractivity (Wildman–Crippen MR) is 260 cm³/mol. The highest BCUT2D eigenvalue weighted by atomic mass is 15.1. The van der Waals surface area contributed by atoms with E-state index >= 15 is 0 Å². The van der Waals surface area contributed by atoms with Crippen LogP contribution in [-0.4, -0.2) is 0 Å². The van der Waals surface area contributed by atoms with E-state index in [1.807, 2.05) is 0 Å². The van der Waals surface area contributed by atoms with Crippen LogP contribution in [0.5, 0.6) is 0 Å². The summed E-state index contributed by atoms with van der Waals surface area (Å²) in [6.45, 7) is 12.9. The summed E-state index contributed by atoms with van der Waals surface area (Å²) in [5.41, 5.74) is 17.8. The Labute approximate surface area is 355 Å². The van der Waals surface area contributed by atoms with Gasteiger partial charge in [0.1, 0.15) is 0 Å². The number of nitrogens with zero attached hydrogens (tertiary/aromatic N) is 2. The molecular formula is C58H48N2. The lowest BCUT2D eigenvalue weighted by molar-refractivity contribution is 1.28. The number of para-hydroxylation sites is 2. The number of allylic oxidation sites excluding steroid dienone is 4. The molecular weight excluding hydrogens is 725 g/mol. The molecule has 2 heteroatoms. The minimum Gasteiger partial charge on any atom is -0.311 e. The van der Waals surface area contributed by atoms with E-state index in [-0.39, 0.29) is 0 Å². The number of rotatable bonds is 13. The monoisotopic (exact) mass is 772 g/mol. The Morgan fingerprint density at radius 1 is 0.333 bits per heavy atom. The molecule has 0 spiro atoms. The second kappa shape index (κ2) is 18.3. The summed E-state index contributed by atoms with van der Waals surface area (Å²) >= 11 is 0. The molecule has 2 nitrogen and oxygen atoms in total. The highest BCUT2D eigenvalue weighted by molar-refractivity contribution is 5.84. The normalized spacial score (nSPS) is 11.2. The summed E-state index contributed by atoms with van der Waals surface area (Å²) in [7, 11) is 0. The summed E-state index contributed by atoms with van der Waals surface area (Å²) in [4.78, 5) is 4.58. The van der Waals surface area contributed by atoms with Crippen molar-refractivity contribution in [1.29, 1.82) is 0 Å². The third kappa shape index (κ3) is 9.37. The summed E-state index contributed by atoms with van der Waals surface area (Å²) in [5.74, 6) is 0. The minimum absolute atomic E-state index is 0.970.